The maximum atomic E-state index is 12.0. The van der Waals surface area contributed by atoms with Crippen LogP contribution in [0.4, 0.5) is 0 Å². The van der Waals surface area contributed by atoms with Crippen molar-refractivity contribution >= 4 is 27.5 Å². The lowest BCUT2D eigenvalue weighted by Crippen LogP contribution is -2.42. The van der Waals surface area contributed by atoms with Crippen LogP contribution in [0.5, 0.6) is 0 Å². The molecule has 0 bridgehead atoms. The largest absolute Gasteiger partial charge is 0.358 e. The molecule has 0 saturated heterocycles. The van der Waals surface area contributed by atoms with Crippen LogP contribution in [0.25, 0.3) is 0 Å². The van der Waals surface area contributed by atoms with Gasteiger partial charge in [-0.2, -0.15) is 4.31 Å². The van der Waals surface area contributed by atoms with Crippen LogP contribution < -0.4 is 5.32 Å². The molecule has 0 heterocycles. The average molecular weight is 285 g/mol. The van der Waals surface area contributed by atoms with Gasteiger partial charge in [0.1, 0.15) is 0 Å². The fourth-order valence-corrected chi connectivity index (χ4v) is 3.38. The quantitative estimate of drug-likeness (QED) is 0.666. The highest BCUT2D eigenvalue weighted by atomic mass is 35.5. The molecule has 0 rings (SSSR count). The van der Waals surface area contributed by atoms with Gasteiger partial charge < -0.3 is 5.32 Å². The van der Waals surface area contributed by atoms with Crippen LogP contribution in [-0.2, 0) is 14.8 Å². The lowest BCUT2D eigenvalue weighted by molar-refractivity contribution is -0.120. The molecule has 5 nitrogen and oxygen atoms in total. The average Bonchev–Trinajstić information content (AvgIpc) is 2.27. The first-order valence-electron chi connectivity index (χ1n) is 5.61. The molecule has 102 valence electrons. The van der Waals surface area contributed by atoms with E-state index in [1.807, 2.05) is 6.92 Å². The van der Waals surface area contributed by atoms with Crippen LogP contribution in [0.1, 0.15) is 20.3 Å². The molecule has 1 N–H and O–H groups in total. The Morgan fingerprint density at radius 1 is 1.47 bits per heavy atom. The highest BCUT2D eigenvalue weighted by molar-refractivity contribution is 7.89. The molecule has 0 aliphatic rings. The zero-order valence-electron chi connectivity index (χ0n) is 10.6. The van der Waals surface area contributed by atoms with Crippen molar-refractivity contribution in [3.63, 3.8) is 0 Å². The number of amides is 1. The van der Waals surface area contributed by atoms with E-state index >= 15 is 0 Å². The van der Waals surface area contributed by atoms with Crippen molar-refractivity contribution in [3.05, 3.63) is 0 Å². The molecular formula is C10H21ClN2O3S. The fourth-order valence-electron chi connectivity index (χ4n) is 1.31. The Kier molecular flexibility index (Phi) is 7.74. The van der Waals surface area contributed by atoms with Crippen LogP contribution in [0.15, 0.2) is 0 Å². The lowest BCUT2D eigenvalue weighted by atomic mass is 10.3. The summed E-state index contributed by atoms with van der Waals surface area (Å²) in [5.74, 6) is -0.154. The molecule has 0 saturated carbocycles. The standard InChI is InChI=1S/C10H21ClN2O3S/c1-4-5-13(7-10(14)12-3)17(15,16)8-9(2)6-11/h9H,4-8H2,1-3H3,(H,12,14). The second-order valence-corrected chi connectivity index (χ2v) is 6.37. The summed E-state index contributed by atoms with van der Waals surface area (Å²) < 4.78 is 25.3. The van der Waals surface area contributed by atoms with E-state index in [1.54, 1.807) is 6.92 Å². The normalized spacial score (nSPS) is 13.7. The maximum Gasteiger partial charge on any atom is 0.235 e. The molecular weight excluding hydrogens is 264 g/mol. The van der Waals surface area contributed by atoms with Crippen molar-refractivity contribution in [2.24, 2.45) is 5.92 Å². The van der Waals surface area contributed by atoms with Gasteiger partial charge >= 0.3 is 0 Å². The van der Waals surface area contributed by atoms with Gasteiger partial charge in [0.25, 0.3) is 0 Å². The van der Waals surface area contributed by atoms with Crippen molar-refractivity contribution in [2.75, 3.05) is 31.8 Å². The molecule has 0 aromatic heterocycles. The van der Waals surface area contributed by atoms with E-state index < -0.39 is 10.0 Å². The minimum absolute atomic E-state index is 0.0203. The summed E-state index contributed by atoms with van der Waals surface area (Å²) in [6, 6.07) is 0. The molecule has 17 heavy (non-hydrogen) atoms. The minimum Gasteiger partial charge on any atom is -0.358 e. The third-order valence-corrected chi connectivity index (χ3v) is 4.84. The Morgan fingerprint density at radius 3 is 2.47 bits per heavy atom. The third kappa shape index (κ3) is 6.24. The molecule has 1 atom stereocenters. The molecule has 7 heteroatoms. The summed E-state index contributed by atoms with van der Waals surface area (Å²) >= 11 is 5.61. The van der Waals surface area contributed by atoms with E-state index in [4.69, 9.17) is 11.6 Å². The zero-order chi connectivity index (χ0) is 13.5. The van der Waals surface area contributed by atoms with Crippen molar-refractivity contribution in [3.8, 4) is 0 Å². The molecule has 0 fully saturated rings. The number of nitrogens with one attached hydrogen (secondary N) is 1. The van der Waals surface area contributed by atoms with E-state index in [-0.39, 0.29) is 24.1 Å². The summed E-state index contributed by atoms with van der Waals surface area (Å²) in [5.41, 5.74) is 0. The first-order chi connectivity index (χ1) is 7.87. The van der Waals surface area contributed by atoms with Crippen LogP contribution >= 0.6 is 11.6 Å². The molecule has 1 unspecified atom stereocenters. The smallest absolute Gasteiger partial charge is 0.235 e. The van der Waals surface area contributed by atoms with Crippen LogP contribution in [0, 0.1) is 5.92 Å². The van der Waals surface area contributed by atoms with E-state index in [2.05, 4.69) is 5.32 Å². The van der Waals surface area contributed by atoms with Gasteiger partial charge in [-0.1, -0.05) is 13.8 Å². The van der Waals surface area contributed by atoms with Gasteiger partial charge in [-0.05, 0) is 12.3 Å². The molecule has 1 amide bonds. The number of hydrogen-bond acceptors (Lipinski definition) is 3. The lowest BCUT2D eigenvalue weighted by Gasteiger charge is -2.22. The highest BCUT2D eigenvalue weighted by Gasteiger charge is 2.25. The Bertz CT molecular complexity index is 332. The van der Waals surface area contributed by atoms with Gasteiger partial charge in [0.2, 0.25) is 15.9 Å². The van der Waals surface area contributed by atoms with Gasteiger partial charge in [0.05, 0.1) is 12.3 Å². The number of carbonyl (C=O) groups excluding carboxylic acids is 1. The Labute approximate surface area is 109 Å². The highest BCUT2D eigenvalue weighted by Crippen LogP contribution is 2.09. The summed E-state index contributed by atoms with van der Waals surface area (Å²) in [6.45, 7) is 3.87. The number of halogens is 1. The Balaban J connectivity index is 4.72. The Hall–Kier alpha value is -0.330. The third-order valence-electron chi connectivity index (χ3n) is 2.22. The summed E-state index contributed by atoms with van der Waals surface area (Å²) in [6.07, 6.45) is 0.672. The number of nitrogens with zero attached hydrogens (tertiary/aromatic N) is 1. The number of alkyl halides is 1. The zero-order valence-corrected chi connectivity index (χ0v) is 12.1. The van der Waals surface area contributed by atoms with E-state index in [1.165, 1.54) is 11.4 Å². The first-order valence-corrected chi connectivity index (χ1v) is 7.76. The predicted molar refractivity (Wildman–Crippen MR) is 69.6 cm³/mol. The number of likely N-dealkylation sites (N-methyl/N-ethyl adjacent to an activating group) is 1. The fraction of sp³-hybridized carbons (Fsp3) is 0.900. The van der Waals surface area contributed by atoms with Crippen molar-refractivity contribution in [1.82, 2.24) is 9.62 Å². The SMILES string of the molecule is CCCN(CC(=O)NC)S(=O)(=O)CC(C)CCl. The Morgan fingerprint density at radius 2 is 2.06 bits per heavy atom. The van der Waals surface area contributed by atoms with Gasteiger partial charge in [-0.25, -0.2) is 8.42 Å². The van der Waals surface area contributed by atoms with E-state index in [0.717, 1.165) is 0 Å². The van der Waals surface area contributed by atoms with E-state index in [0.29, 0.717) is 18.8 Å². The second kappa shape index (κ2) is 7.89. The van der Waals surface area contributed by atoms with Crippen LogP contribution in [0.3, 0.4) is 0 Å². The number of hydrogen-bond donors (Lipinski definition) is 1. The van der Waals surface area contributed by atoms with Crippen molar-refractivity contribution in [2.45, 2.75) is 20.3 Å². The number of rotatable bonds is 8. The molecule has 0 aliphatic carbocycles. The summed E-state index contributed by atoms with van der Waals surface area (Å²) in [7, 11) is -1.93. The monoisotopic (exact) mass is 284 g/mol. The predicted octanol–water partition coefficient (Wildman–Crippen LogP) is 0.649. The minimum atomic E-state index is -3.41. The first kappa shape index (κ1) is 16.7. The summed E-state index contributed by atoms with van der Waals surface area (Å²) in [4.78, 5) is 11.3. The molecule has 0 aliphatic heterocycles. The van der Waals surface area contributed by atoms with E-state index in [9.17, 15) is 13.2 Å². The van der Waals surface area contributed by atoms with Gasteiger partial charge in [0.15, 0.2) is 0 Å². The number of sulfonamides is 1. The van der Waals surface area contributed by atoms with Crippen LogP contribution in [0.2, 0.25) is 0 Å². The van der Waals surface area contributed by atoms with Gasteiger partial charge in [-0.3, -0.25) is 4.79 Å². The molecule has 0 spiro atoms. The second-order valence-electron chi connectivity index (χ2n) is 4.04. The van der Waals surface area contributed by atoms with Gasteiger partial charge in [-0.15, -0.1) is 11.6 Å². The van der Waals surface area contributed by atoms with Crippen molar-refractivity contribution in [1.29, 1.82) is 0 Å². The molecule has 0 aromatic rings. The topological polar surface area (TPSA) is 66.5 Å². The molecule has 0 aromatic carbocycles. The summed E-state index contributed by atoms with van der Waals surface area (Å²) in [5, 5.41) is 2.42. The van der Waals surface area contributed by atoms with Gasteiger partial charge in [0, 0.05) is 19.5 Å². The van der Waals surface area contributed by atoms with Crippen molar-refractivity contribution < 1.29 is 13.2 Å². The maximum absolute atomic E-state index is 12.0. The number of carbonyl (C=O) groups is 1. The molecule has 0 radical (unpaired) electrons. The van der Waals surface area contributed by atoms with Crippen LogP contribution in [-0.4, -0.2) is 50.4 Å².